The average Bonchev–Trinajstić information content (AvgIpc) is 2.83. The first-order valence-electron chi connectivity index (χ1n) is 5.56. The van der Waals surface area contributed by atoms with E-state index in [1.54, 1.807) is 0 Å². The predicted octanol–water partition coefficient (Wildman–Crippen LogP) is -0.0331. The van der Waals surface area contributed by atoms with Crippen molar-refractivity contribution in [3.05, 3.63) is 0 Å². The van der Waals surface area contributed by atoms with Gasteiger partial charge in [0.05, 0.1) is 25.2 Å². The summed E-state index contributed by atoms with van der Waals surface area (Å²) in [5.74, 6) is -3.16. The summed E-state index contributed by atoms with van der Waals surface area (Å²) >= 11 is 0. The lowest BCUT2D eigenvalue weighted by Gasteiger charge is -2.25. The molecule has 2 aliphatic rings. The highest BCUT2D eigenvalue weighted by molar-refractivity contribution is 5.83. The van der Waals surface area contributed by atoms with Crippen molar-refractivity contribution in [2.75, 3.05) is 19.7 Å². The summed E-state index contributed by atoms with van der Waals surface area (Å²) in [5.41, 5.74) is 0. The molecule has 0 aromatic heterocycles. The summed E-state index contributed by atoms with van der Waals surface area (Å²) < 4.78 is 26.3. The summed E-state index contributed by atoms with van der Waals surface area (Å²) in [7, 11) is 0. The molecule has 2 aliphatic heterocycles. The zero-order valence-electron chi connectivity index (χ0n) is 8.96. The van der Waals surface area contributed by atoms with Crippen molar-refractivity contribution in [3.8, 4) is 0 Å². The Morgan fingerprint density at radius 3 is 2.88 bits per heavy atom. The number of hydrogen-bond acceptors (Lipinski definition) is 3. The normalized spacial score (nSPS) is 33.3. The van der Waals surface area contributed by atoms with Gasteiger partial charge in [0.15, 0.2) is 0 Å². The van der Waals surface area contributed by atoms with Gasteiger partial charge in [-0.1, -0.05) is 0 Å². The number of likely N-dealkylation sites (tertiary alicyclic amines) is 1. The van der Waals surface area contributed by atoms with Crippen molar-refractivity contribution in [1.82, 2.24) is 10.2 Å². The molecule has 0 radical (unpaired) electrons. The number of nitrogens with one attached hydrogen (secondary N) is 1. The monoisotopic (exact) mass is 234 g/mol. The number of nitrogens with zero attached hydrogens (tertiary/aromatic N) is 1. The zero-order valence-corrected chi connectivity index (χ0v) is 8.96. The molecule has 0 saturated carbocycles. The fourth-order valence-electron chi connectivity index (χ4n) is 2.41. The molecular weight excluding hydrogens is 218 g/mol. The van der Waals surface area contributed by atoms with Crippen LogP contribution < -0.4 is 5.32 Å². The number of alkyl halides is 2. The molecule has 0 aromatic rings. The van der Waals surface area contributed by atoms with Crippen LogP contribution in [0.1, 0.15) is 19.3 Å². The van der Waals surface area contributed by atoms with Crippen LogP contribution >= 0.6 is 0 Å². The Labute approximate surface area is 92.6 Å². The molecule has 0 bridgehead atoms. The van der Waals surface area contributed by atoms with Crippen LogP contribution in [0, 0.1) is 0 Å². The standard InChI is InChI=1S/C10H16F2N2O2/c11-10(12)4-7(5-15)14(6-10)9(16)8-2-1-3-13-8/h7-8,13,15H,1-6H2/t7-,8-/m1/s1. The molecule has 0 aliphatic carbocycles. The van der Waals surface area contributed by atoms with Crippen LogP contribution in [0.2, 0.25) is 0 Å². The van der Waals surface area contributed by atoms with E-state index in [4.69, 9.17) is 5.11 Å². The predicted molar refractivity (Wildman–Crippen MR) is 53.2 cm³/mol. The van der Waals surface area contributed by atoms with Gasteiger partial charge in [0, 0.05) is 6.42 Å². The van der Waals surface area contributed by atoms with Crippen LogP contribution in [-0.4, -0.2) is 53.6 Å². The van der Waals surface area contributed by atoms with Gasteiger partial charge in [-0.3, -0.25) is 4.79 Å². The molecule has 2 atom stereocenters. The molecule has 0 unspecified atom stereocenters. The quantitative estimate of drug-likeness (QED) is 0.705. The minimum absolute atomic E-state index is 0.297. The number of halogens is 2. The van der Waals surface area contributed by atoms with E-state index in [-0.39, 0.29) is 11.9 Å². The third kappa shape index (κ3) is 2.17. The second-order valence-electron chi connectivity index (χ2n) is 4.51. The van der Waals surface area contributed by atoms with E-state index in [0.29, 0.717) is 6.42 Å². The van der Waals surface area contributed by atoms with Gasteiger partial charge >= 0.3 is 0 Å². The van der Waals surface area contributed by atoms with E-state index in [1.807, 2.05) is 0 Å². The van der Waals surface area contributed by atoms with Crippen LogP contribution in [0.4, 0.5) is 8.78 Å². The van der Waals surface area contributed by atoms with Crippen molar-refractivity contribution >= 4 is 5.91 Å². The van der Waals surface area contributed by atoms with Crippen LogP contribution in [0.25, 0.3) is 0 Å². The lowest BCUT2D eigenvalue weighted by Crippen LogP contribution is -2.47. The maximum Gasteiger partial charge on any atom is 0.267 e. The first kappa shape index (κ1) is 11.7. The highest BCUT2D eigenvalue weighted by atomic mass is 19.3. The van der Waals surface area contributed by atoms with Gasteiger partial charge in [0.25, 0.3) is 5.92 Å². The third-order valence-electron chi connectivity index (χ3n) is 3.23. The highest BCUT2D eigenvalue weighted by Crippen LogP contribution is 2.32. The highest BCUT2D eigenvalue weighted by Gasteiger charge is 2.47. The Balaban J connectivity index is 2.04. The third-order valence-corrected chi connectivity index (χ3v) is 3.23. The van der Waals surface area contributed by atoms with Crippen LogP contribution in [0.3, 0.4) is 0 Å². The summed E-state index contributed by atoms with van der Waals surface area (Å²) in [6.07, 6.45) is 1.16. The lowest BCUT2D eigenvalue weighted by molar-refractivity contribution is -0.135. The summed E-state index contributed by atoms with van der Waals surface area (Å²) in [6.45, 7) is -0.201. The van der Waals surface area contributed by atoms with Crippen molar-refractivity contribution in [2.24, 2.45) is 0 Å². The zero-order chi connectivity index (χ0) is 11.8. The van der Waals surface area contributed by atoms with Gasteiger partial charge < -0.3 is 15.3 Å². The first-order valence-corrected chi connectivity index (χ1v) is 5.56. The summed E-state index contributed by atoms with van der Waals surface area (Å²) in [4.78, 5) is 13.1. The van der Waals surface area contributed by atoms with E-state index in [2.05, 4.69) is 5.32 Å². The second kappa shape index (κ2) is 4.25. The van der Waals surface area contributed by atoms with Crippen LogP contribution in [-0.2, 0) is 4.79 Å². The number of carbonyl (C=O) groups excluding carboxylic acids is 1. The van der Waals surface area contributed by atoms with E-state index in [1.165, 1.54) is 0 Å². The molecule has 0 aromatic carbocycles. The number of aliphatic hydroxyl groups is 1. The topological polar surface area (TPSA) is 52.6 Å². The van der Waals surface area contributed by atoms with Gasteiger partial charge in [0.1, 0.15) is 0 Å². The first-order chi connectivity index (χ1) is 7.53. The molecule has 2 N–H and O–H groups in total. The van der Waals surface area contributed by atoms with Crippen LogP contribution in [0.15, 0.2) is 0 Å². The molecular formula is C10H16F2N2O2. The SMILES string of the molecule is O=C([C@H]1CCCN1)N1CC(F)(F)C[C@@H]1CO. The maximum absolute atomic E-state index is 13.2. The van der Waals surface area contributed by atoms with E-state index >= 15 is 0 Å². The maximum atomic E-state index is 13.2. The van der Waals surface area contributed by atoms with Crippen molar-refractivity contribution in [2.45, 2.75) is 37.3 Å². The number of rotatable bonds is 2. The number of hydrogen-bond donors (Lipinski definition) is 2. The molecule has 1 amide bonds. The van der Waals surface area contributed by atoms with Crippen molar-refractivity contribution in [3.63, 3.8) is 0 Å². The molecule has 2 heterocycles. The molecule has 6 heteroatoms. The number of amides is 1. The minimum Gasteiger partial charge on any atom is -0.394 e. The smallest absolute Gasteiger partial charge is 0.267 e. The summed E-state index contributed by atoms with van der Waals surface area (Å²) in [5, 5.41) is 12.0. The Hall–Kier alpha value is -0.750. The Morgan fingerprint density at radius 1 is 1.56 bits per heavy atom. The molecule has 16 heavy (non-hydrogen) atoms. The van der Waals surface area contributed by atoms with E-state index in [9.17, 15) is 13.6 Å². The fourth-order valence-corrected chi connectivity index (χ4v) is 2.41. The van der Waals surface area contributed by atoms with Gasteiger partial charge in [-0.15, -0.1) is 0 Å². The lowest BCUT2D eigenvalue weighted by atomic mass is 10.1. The molecule has 4 nitrogen and oxygen atoms in total. The van der Waals surface area contributed by atoms with Gasteiger partial charge in [0.2, 0.25) is 5.91 Å². The van der Waals surface area contributed by atoms with Crippen LogP contribution in [0.5, 0.6) is 0 Å². The minimum atomic E-state index is -2.86. The molecule has 92 valence electrons. The van der Waals surface area contributed by atoms with E-state index in [0.717, 1.165) is 17.9 Å². The Morgan fingerprint density at radius 2 is 2.31 bits per heavy atom. The number of carbonyl (C=O) groups is 1. The summed E-state index contributed by atoms with van der Waals surface area (Å²) in [6, 6.07) is -1.08. The number of aliphatic hydroxyl groups excluding tert-OH is 1. The van der Waals surface area contributed by atoms with E-state index < -0.39 is 31.5 Å². The van der Waals surface area contributed by atoms with Crippen molar-refractivity contribution < 1.29 is 18.7 Å². The Bertz CT molecular complexity index is 280. The van der Waals surface area contributed by atoms with Gasteiger partial charge in [-0.05, 0) is 19.4 Å². The molecule has 0 spiro atoms. The van der Waals surface area contributed by atoms with Crippen molar-refractivity contribution in [1.29, 1.82) is 0 Å². The second-order valence-corrected chi connectivity index (χ2v) is 4.51. The fraction of sp³-hybridized carbons (Fsp3) is 0.900. The molecule has 2 rings (SSSR count). The molecule has 2 saturated heterocycles. The van der Waals surface area contributed by atoms with Gasteiger partial charge in [-0.2, -0.15) is 0 Å². The van der Waals surface area contributed by atoms with Gasteiger partial charge in [-0.25, -0.2) is 8.78 Å². The Kier molecular flexibility index (Phi) is 3.12. The average molecular weight is 234 g/mol. The molecule has 2 fully saturated rings. The largest absolute Gasteiger partial charge is 0.394 e.